The van der Waals surface area contributed by atoms with Crippen molar-refractivity contribution >= 4 is 16.0 Å². The van der Waals surface area contributed by atoms with Gasteiger partial charge in [-0.15, -0.1) is 0 Å². The normalized spacial score (nSPS) is 20.8. The number of morpholine rings is 1. The lowest BCUT2D eigenvalue weighted by Gasteiger charge is -2.30. The van der Waals surface area contributed by atoms with E-state index in [0.717, 1.165) is 10.4 Å². The van der Waals surface area contributed by atoms with Gasteiger partial charge < -0.3 is 9.84 Å². The zero-order valence-corrected chi connectivity index (χ0v) is 10.9. The number of sulfonamides is 1. The van der Waals surface area contributed by atoms with Crippen molar-refractivity contribution in [3.8, 4) is 0 Å². The Hall–Kier alpha value is -1.58. The Morgan fingerprint density at radius 2 is 2.05 bits per heavy atom. The molecule has 1 aromatic carbocycles. The largest absolute Gasteiger partial charge is 0.479 e. The Balaban J connectivity index is 2.29. The van der Waals surface area contributed by atoms with Crippen LogP contribution in [-0.4, -0.2) is 49.6 Å². The average Bonchev–Trinajstić information content (AvgIpc) is 2.42. The number of hydrogen-bond donors (Lipinski definition) is 1. The number of carbonyl (C=O) groups is 1. The molecule has 0 aromatic heterocycles. The standard InChI is InChI=1S/C11H11F2NO5S/c12-8-2-1-7(5-9(8)13)20(17,18)14-3-4-19-10(6-14)11(15)16/h1-2,5,10H,3-4,6H2,(H,15,16). The highest BCUT2D eigenvalue weighted by Gasteiger charge is 2.34. The zero-order valence-electron chi connectivity index (χ0n) is 10.1. The zero-order chi connectivity index (χ0) is 14.9. The van der Waals surface area contributed by atoms with E-state index < -0.39 is 38.6 Å². The summed E-state index contributed by atoms with van der Waals surface area (Å²) in [6.07, 6.45) is -1.27. The summed E-state index contributed by atoms with van der Waals surface area (Å²) in [5.41, 5.74) is 0. The van der Waals surface area contributed by atoms with Gasteiger partial charge >= 0.3 is 5.97 Å². The first kappa shape index (κ1) is 14.8. The lowest BCUT2D eigenvalue weighted by molar-refractivity contribution is -0.153. The molecular weight excluding hydrogens is 296 g/mol. The maximum Gasteiger partial charge on any atom is 0.334 e. The van der Waals surface area contributed by atoms with Gasteiger partial charge in [0.15, 0.2) is 17.7 Å². The molecule has 0 radical (unpaired) electrons. The first-order valence-corrected chi connectivity index (χ1v) is 7.06. The molecule has 1 aliphatic rings. The van der Waals surface area contributed by atoms with Crippen molar-refractivity contribution in [1.29, 1.82) is 0 Å². The number of carboxylic acids is 1. The molecular formula is C11H11F2NO5S. The second-order valence-corrected chi connectivity index (χ2v) is 6.07. The van der Waals surface area contributed by atoms with Gasteiger partial charge in [0.1, 0.15) is 0 Å². The first-order valence-electron chi connectivity index (χ1n) is 5.62. The quantitative estimate of drug-likeness (QED) is 0.876. The van der Waals surface area contributed by atoms with E-state index in [2.05, 4.69) is 0 Å². The second-order valence-electron chi connectivity index (χ2n) is 4.14. The molecule has 20 heavy (non-hydrogen) atoms. The van der Waals surface area contributed by atoms with E-state index >= 15 is 0 Å². The molecule has 0 bridgehead atoms. The number of aliphatic carboxylic acids is 1. The van der Waals surface area contributed by atoms with E-state index in [9.17, 15) is 22.0 Å². The summed E-state index contributed by atoms with van der Waals surface area (Å²) in [6, 6.07) is 2.20. The van der Waals surface area contributed by atoms with E-state index in [-0.39, 0.29) is 19.7 Å². The Kier molecular flexibility index (Phi) is 4.02. The maximum absolute atomic E-state index is 13.1. The third-order valence-corrected chi connectivity index (χ3v) is 4.69. The van der Waals surface area contributed by atoms with Crippen LogP contribution in [-0.2, 0) is 19.6 Å². The summed E-state index contributed by atoms with van der Waals surface area (Å²) in [5.74, 6) is -3.72. The van der Waals surface area contributed by atoms with Crippen LogP contribution >= 0.6 is 0 Å². The highest BCUT2D eigenvalue weighted by molar-refractivity contribution is 7.89. The molecule has 0 amide bonds. The Morgan fingerprint density at radius 3 is 2.65 bits per heavy atom. The van der Waals surface area contributed by atoms with Gasteiger partial charge in [0.2, 0.25) is 10.0 Å². The van der Waals surface area contributed by atoms with Gasteiger partial charge in [-0.25, -0.2) is 22.0 Å². The minimum atomic E-state index is -4.08. The van der Waals surface area contributed by atoms with E-state index in [1.807, 2.05) is 0 Å². The molecule has 2 rings (SSSR count). The number of hydrogen-bond acceptors (Lipinski definition) is 4. The molecule has 9 heteroatoms. The molecule has 0 saturated carbocycles. The van der Waals surface area contributed by atoms with Crippen molar-refractivity contribution in [3.05, 3.63) is 29.8 Å². The lowest BCUT2D eigenvalue weighted by Crippen LogP contribution is -2.48. The van der Waals surface area contributed by atoms with E-state index in [4.69, 9.17) is 9.84 Å². The number of benzene rings is 1. The topological polar surface area (TPSA) is 83.9 Å². The molecule has 0 aliphatic carbocycles. The van der Waals surface area contributed by atoms with Crippen LogP contribution in [0.4, 0.5) is 8.78 Å². The van der Waals surface area contributed by atoms with Crippen LogP contribution in [0, 0.1) is 11.6 Å². The first-order chi connectivity index (χ1) is 9.32. The number of ether oxygens (including phenoxy) is 1. The van der Waals surface area contributed by atoms with E-state index in [0.29, 0.717) is 12.1 Å². The molecule has 1 saturated heterocycles. The lowest BCUT2D eigenvalue weighted by atomic mass is 10.3. The van der Waals surface area contributed by atoms with Crippen molar-refractivity contribution in [1.82, 2.24) is 4.31 Å². The number of nitrogens with zero attached hydrogens (tertiary/aromatic N) is 1. The summed E-state index contributed by atoms with van der Waals surface area (Å²) in [7, 11) is -4.08. The van der Waals surface area contributed by atoms with Crippen LogP contribution in [0.25, 0.3) is 0 Å². The summed E-state index contributed by atoms with van der Waals surface area (Å²) in [6.45, 7) is -0.512. The Morgan fingerprint density at radius 1 is 1.35 bits per heavy atom. The van der Waals surface area contributed by atoms with Crippen molar-refractivity contribution in [2.75, 3.05) is 19.7 Å². The number of halogens is 2. The summed E-state index contributed by atoms with van der Waals surface area (Å²) in [4.78, 5) is 10.4. The molecule has 1 aliphatic heterocycles. The summed E-state index contributed by atoms with van der Waals surface area (Å²) in [5, 5.41) is 8.82. The van der Waals surface area contributed by atoms with Crippen molar-refractivity contribution in [3.63, 3.8) is 0 Å². The SMILES string of the molecule is O=C(O)C1CN(S(=O)(=O)c2ccc(F)c(F)c2)CCO1. The maximum atomic E-state index is 13.1. The van der Waals surface area contributed by atoms with Crippen LogP contribution in [0.3, 0.4) is 0 Å². The van der Waals surface area contributed by atoms with Crippen molar-refractivity contribution < 1.29 is 31.8 Å². The van der Waals surface area contributed by atoms with Crippen LogP contribution in [0.1, 0.15) is 0 Å². The Bertz CT molecular complexity index is 634. The van der Waals surface area contributed by atoms with Gasteiger partial charge in [-0.1, -0.05) is 0 Å². The average molecular weight is 307 g/mol. The second kappa shape index (κ2) is 5.43. The van der Waals surface area contributed by atoms with Crippen molar-refractivity contribution in [2.24, 2.45) is 0 Å². The minimum Gasteiger partial charge on any atom is -0.479 e. The molecule has 6 nitrogen and oxygen atoms in total. The molecule has 1 heterocycles. The minimum absolute atomic E-state index is 0.0505. The fourth-order valence-electron chi connectivity index (χ4n) is 1.78. The van der Waals surface area contributed by atoms with Gasteiger partial charge in [-0.05, 0) is 18.2 Å². The Labute approximate surface area is 113 Å². The molecule has 1 atom stereocenters. The molecule has 110 valence electrons. The molecule has 1 N–H and O–H groups in total. The number of carboxylic acid groups (broad SMARTS) is 1. The fraction of sp³-hybridized carbons (Fsp3) is 0.364. The van der Waals surface area contributed by atoms with Gasteiger partial charge in [-0.2, -0.15) is 4.31 Å². The number of rotatable bonds is 3. The van der Waals surface area contributed by atoms with Gasteiger partial charge in [0.05, 0.1) is 18.0 Å². The fourth-order valence-corrected chi connectivity index (χ4v) is 3.22. The molecule has 0 spiro atoms. The molecule has 1 aromatic rings. The monoisotopic (exact) mass is 307 g/mol. The van der Waals surface area contributed by atoms with Crippen LogP contribution in [0.2, 0.25) is 0 Å². The van der Waals surface area contributed by atoms with Crippen LogP contribution < -0.4 is 0 Å². The molecule has 1 fully saturated rings. The predicted octanol–water partition coefficient (Wildman–Crippen LogP) is 0.439. The highest BCUT2D eigenvalue weighted by atomic mass is 32.2. The van der Waals surface area contributed by atoms with Gasteiger partial charge in [0, 0.05) is 6.54 Å². The van der Waals surface area contributed by atoms with E-state index in [1.165, 1.54) is 0 Å². The van der Waals surface area contributed by atoms with Gasteiger partial charge in [0.25, 0.3) is 0 Å². The predicted molar refractivity (Wildman–Crippen MR) is 62.5 cm³/mol. The van der Waals surface area contributed by atoms with E-state index in [1.54, 1.807) is 0 Å². The third kappa shape index (κ3) is 2.79. The smallest absolute Gasteiger partial charge is 0.334 e. The highest BCUT2D eigenvalue weighted by Crippen LogP contribution is 2.20. The summed E-state index contributed by atoms with van der Waals surface area (Å²) >= 11 is 0. The molecule has 1 unspecified atom stereocenters. The van der Waals surface area contributed by atoms with Crippen molar-refractivity contribution in [2.45, 2.75) is 11.0 Å². The third-order valence-electron chi connectivity index (χ3n) is 2.83. The van der Waals surface area contributed by atoms with Crippen LogP contribution in [0.15, 0.2) is 23.1 Å². The van der Waals surface area contributed by atoms with Gasteiger partial charge in [-0.3, -0.25) is 0 Å². The summed E-state index contributed by atoms with van der Waals surface area (Å²) < 4.78 is 56.1. The van der Waals surface area contributed by atoms with Crippen LogP contribution in [0.5, 0.6) is 0 Å².